The first-order valence-electron chi connectivity index (χ1n) is 10.4. The second kappa shape index (κ2) is 10.2. The van der Waals surface area contributed by atoms with Gasteiger partial charge < -0.3 is 14.2 Å². The summed E-state index contributed by atoms with van der Waals surface area (Å²) in [6, 6.07) is 16.8. The van der Waals surface area contributed by atoms with Crippen LogP contribution in [0, 0.1) is 17.0 Å². The molecule has 1 amide bonds. The molecular formula is C24H19N3O7S2. The molecule has 184 valence electrons. The van der Waals surface area contributed by atoms with E-state index in [4.69, 9.17) is 8.92 Å². The maximum Gasteiger partial charge on any atom is 0.346 e. The third-order valence-electron chi connectivity index (χ3n) is 4.93. The molecule has 1 aliphatic rings. The summed E-state index contributed by atoms with van der Waals surface area (Å²) in [5.41, 5.74) is 1.73. The van der Waals surface area contributed by atoms with Gasteiger partial charge in [0.1, 0.15) is 0 Å². The zero-order valence-electron chi connectivity index (χ0n) is 19.0. The van der Waals surface area contributed by atoms with Crippen molar-refractivity contribution < 1.29 is 27.1 Å². The Kier molecular flexibility index (Phi) is 7.08. The number of nitrogens with one attached hydrogen (secondary N) is 1. The van der Waals surface area contributed by atoms with Crippen LogP contribution in [0.25, 0.3) is 6.08 Å². The minimum absolute atomic E-state index is 0.0588. The van der Waals surface area contributed by atoms with Crippen LogP contribution in [0.1, 0.15) is 11.1 Å². The van der Waals surface area contributed by atoms with E-state index in [-0.39, 0.29) is 17.4 Å². The Labute approximate surface area is 210 Å². The van der Waals surface area contributed by atoms with Crippen LogP contribution in [0.2, 0.25) is 0 Å². The normalized spacial score (nSPS) is 15.7. The summed E-state index contributed by atoms with van der Waals surface area (Å²) in [7, 11) is -3.21. The fraction of sp³-hybridized carbons (Fsp3) is 0.0833. The second-order valence-electron chi connectivity index (χ2n) is 7.49. The molecule has 1 heterocycles. The molecule has 10 nitrogen and oxygen atoms in total. The van der Waals surface area contributed by atoms with Crippen molar-refractivity contribution in [2.24, 2.45) is 4.99 Å². The molecule has 36 heavy (non-hydrogen) atoms. The molecule has 3 aromatic rings. The molecule has 4 rings (SSSR count). The highest BCUT2D eigenvalue weighted by Crippen LogP contribution is 2.35. The molecule has 1 aliphatic heterocycles. The number of nitro benzene ring substituents is 1. The lowest BCUT2D eigenvalue weighted by atomic mass is 10.2. The quantitative estimate of drug-likeness (QED) is 0.205. The third kappa shape index (κ3) is 5.56. The van der Waals surface area contributed by atoms with Crippen molar-refractivity contribution in [1.29, 1.82) is 0 Å². The molecule has 0 radical (unpaired) electrons. The van der Waals surface area contributed by atoms with Crippen molar-refractivity contribution in [3.8, 4) is 11.5 Å². The molecule has 0 aliphatic carbocycles. The number of carbonyl (C=O) groups is 1. The van der Waals surface area contributed by atoms with E-state index in [0.717, 1.165) is 29.5 Å². The largest absolute Gasteiger partial charge is 0.493 e. The van der Waals surface area contributed by atoms with E-state index in [1.54, 1.807) is 6.08 Å². The predicted molar refractivity (Wildman–Crippen MR) is 136 cm³/mol. The highest BCUT2D eigenvalue weighted by Gasteiger charge is 2.28. The first-order valence-corrected chi connectivity index (χ1v) is 12.6. The van der Waals surface area contributed by atoms with Gasteiger partial charge >= 0.3 is 10.1 Å². The average molecular weight is 526 g/mol. The minimum atomic E-state index is -4.53. The van der Waals surface area contributed by atoms with Gasteiger partial charge in [0.05, 0.1) is 22.6 Å². The van der Waals surface area contributed by atoms with Gasteiger partial charge in [-0.2, -0.15) is 8.42 Å². The maximum atomic E-state index is 12.7. The van der Waals surface area contributed by atoms with E-state index in [1.165, 1.54) is 37.4 Å². The van der Waals surface area contributed by atoms with Gasteiger partial charge in [-0.25, -0.2) is 4.99 Å². The number of ether oxygens (including phenoxy) is 1. The first-order chi connectivity index (χ1) is 17.2. The first kappa shape index (κ1) is 24.9. The number of methoxy groups -OCH3 is 1. The molecule has 1 N–H and O–H groups in total. The number of aryl methyl sites for hydroxylation is 1. The average Bonchev–Trinajstić information content (AvgIpc) is 3.19. The van der Waals surface area contributed by atoms with E-state index in [0.29, 0.717) is 21.3 Å². The Bertz CT molecular complexity index is 1510. The predicted octanol–water partition coefficient (Wildman–Crippen LogP) is 4.57. The Hall–Kier alpha value is -4.16. The molecule has 0 bridgehead atoms. The van der Waals surface area contributed by atoms with Crippen molar-refractivity contribution in [2.75, 3.05) is 7.11 Å². The van der Waals surface area contributed by atoms with Crippen LogP contribution in [0.5, 0.6) is 11.5 Å². The van der Waals surface area contributed by atoms with Crippen molar-refractivity contribution in [3.05, 3.63) is 92.9 Å². The highest BCUT2D eigenvalue weighted by atomic mass is 32.2. The zero-order valence-corrected chi connectivity index (χ0v) is 20.6. The molecule has 0 aromatic heterocycles. The van der Waals surface area contributed by atoms with Crippen molar-refractivity contribution >= 4 is 50.4 Å². The van der Waals surface area contributed by atoms with Crippen LogP contribution in [0.3, 0.4) is 0 Å². The van der Waals surface area contributed by atoms with E-state index >= 15 is 0 Å². The minimum Gasteiger partial charge on any atom is -0.493 e. The summed E-state index contributed by atoms with van der Waals surface area (Å²) in [6.07, 6.45) is 1.60. The number of rotatable bonds is 7. The van der Waals surface area contributed by atoms with Gasteiger partial charge in [-0.05, 0) is 60.7 Å². The Balaban J connectivity index is 1.58. The van der Waals surface area contributed by atoms with Crippen molar-refractivity contribution in [3.63, 3.8) is 0 Å². The van der Waals surface area contributed by atoms with Crippen LogP contribution >= 0.6 is 11.8 Å². The number of amidine groups is 1. The monoisotopic (exact) mass is 525 g/mol. The van der Waals surface area contributed by atoms with Crippen LogP contribution in [0.15, 0.2) is 81.5 Å². The summed E-state index contributed by atoms with van der Waals surface area (Å²) >= 11 is 1.16. The van der Waals surface area contributed by atoms with Gasteiger partial charge in [-0.3, -0.25) is 14.9 Å². The third-order valence-corrected chi connectivity index (χ3v) is 7.12. The lowest BCUT2D eigenvalue weighted by Crippen LogP contribution is -2.19. The van der Waals surface area contributed by atoms with Crippen LogP contribution in [-0.2, 0) is 14.9 Å². The van der Waals surface area contributed by atoms with Crippen LogP contribution in [-0.4, -0.2) is 31.5 Å². The molecule has 1 saturated heterocycles. The van der Waals surface area contributed by atoms with E-state index in [1.807, 2.05) is 31.2 Å². The summed E-state index contributed by atoms with van der Waals surface area (Å²) in [6.45, 7) is 1.97. The topological polar surface area (TPSA) is 137 Å². The molecule has 0 spiro atoms. The Morgan fingerprint density at radius 2 is 1.78 bits per heavy atom. The number of nitrogens with zero attached hydrogens (tertiary/aromatic N) is 2. The van der Waals surface area contributed by atoms with E-state index in [9.17, 15) is 23.3 Å². The lowest BCUT2D eigenvalue weighted by molar-refractivity contribution is -0.387. The van der Waals surface area contributed by atoms with Gasteiger partial charge in [0.2, 0.25) is 0 Å². The standard InChI is InChI=1S/C24H19N3O7S2/c1-15-7-10-17(11-8-15)25-24-26-23(28)21(35-24)14-16-9-12-19(20(13-16)33-2)34-36(31,32)22-6-4-3-5-18(22)27(29)30/h3-14H,1-2H3,(H,25,26,28)/b21-14-. The van der Waals surface area contributed by atoms with Crippen LogP contribution < -0.4 is 14.2 Å². The SMILES string of the molecule is COc1cc(/C=C2\SC(=Nc3ccc(C)cc3)NC2=O)ccc1OS(=O)(=O)c1ccccc1[N+](=O)[O-]. The molecular weight excluding hydrogens is 506 g/mol. The van der Waals surface area contributed by atoms with Crippen molar-refractivity contribution in [2.45, 2.75) is 11.8 Å². The zero-order chi connectivity index (χ0) is 25.9. The fourth-order valence-electron chi connectivity index (χ4n) is 3.19. The van der Waals surface area contributed by atoms with Gasteiger partial charge in [0.15, 0.2) is 21.6 Å². The molecule has 1 fully saturated rings. The fourth-order valence-corrected chi connectivity index (χ4v) is 5.14. The summed E-state index contributed by atoms with van der Waals surface area (Å²) < 4.78 is 35.9. The summed E-state index contributed by atoms with van der Waals surface area (Å²) in [5.74, 6) is -0.435. The number of hydrogen-bond donors (Lipinski definition) is 1. The van der Waals surface area contributed by atoms with Gasteiger partial charge in [-0.1, -0.05) is 35.9 Å². The van der Waals surface area contributed by atoms with Gasteiger partial charge in [0.25, 0.3) is 11.6 Å². The van der Waals surface area contributed by atoms with Crippen molar-refractivity contribution in [1.82, 2.24) is 5.32 Å². The van der Waals surface area contributed by atoms with Gasteiger partial charge in [-0.15, -0.1) is 0 Å². The molecule has 0 saturated carbocycles. The number of nitro groups is 1. The smallest absolute Gasteiger partial charge is 0.346 e. The van der Waals surface area contributed by atoms with Crippen LogP contribution in [0.4, 0.5) is 11.4 Å². The Morgan fingerprint density at radius 3 is 2.47 bits per heavy atom. The number of hydrogen-bond acceptors (Lipinski definition) is 9. The number of para-hydroxylation sites is 1. The molecule has 12 heteroatoms. The maximum absolute atomic E-state index is 12.7. The van der Waals surface area contributed by atoms with Gasteiger partial charge in [0, 0.05) is 6.07 Å². The number of carbonyl (C=O) groups excluding carboxylic acids is 1. The number of benzene rings is 3. The number of aliphatic imine (C=N–C) groups is 1. The summed E-state index contributed by atoms with van der Waals surface area (Å²) in [5, 5.41) is 14.4. The van der Waals surface area contributed by atoms with E-state index < -0.39 is 25.6 Å². The molecule has 3 aromatic carbocycles. The Morgan fingerprint density at radius 1 is 1.06 bits per heavy atom. The number of amides is 1. The second-order valence-corrected chi connectivity index (χ2v) is 10.0. The number of thioether (sulfide) groups is 1. The van der Waals surface area contributed by atoms with E-state index in [2.05, 4.69) is 10.3 Å². The lowest BCUT2D eigenvalue weighted by Gasteiger charge is -2.11. The highest BCUT2D eigenvalue weighted by molar-refractivity contribution is 8.18. The summed E-state index contributed by atoms with van der Waals surface area (Å²) in [4.78, 5) is 27.1. The molecule has 0 unspecified atom stereocenters. The molecule has 0 atom stereocenters.